The maximum atomic E-state index is 10.0. The van der Waals surface area contributed by atoms with Gasteiger partial charge in [-0.1, -0.05) is 11.8 Å². The van der Waals surface area contributed by atoms with Crippen LogP contribution in [0.5, 0.6) is 11.5 Å². The Morgan fingerprint density at radius 2 is 1.74 bits per heavy atom. The molecule has 0 spiro atoms. The van der Waals surface area contributed by atoms with E-state index in [-0.39, 0.29) is 17.1 Å². The third-order valence-corrected chi connectivity index (χ3v) is 5.92. The van der Waals surface area contributed by atoms with Crippen LogP contribution in [-0.2, 0) is 0 Å². The lowest BCUT2D eigenvalue weighted by molar-refractivity contribution is 0.170. The topological polar surface area (TPSA) is 92.1 Å². The molecule has 1 aliphatic heterocycles. The van der Waals surface area contributed by atoms with Gasteiger partial charge in [-0.05, 0) is 65.0 Å². The monoisotopic (exact) mass is 441 g/mol. The Balaban J connectivity index is 2.06. The van der Waals surface area contributed by atoms with Crippen molar-refractivity contribution in [2.75, 3.05) is 25.8 Å². The second-order valence-electron chi connectivity index (χ2n) is 9.11. The van der Waals surface area contributed by atoms with Crippen molar-refractivity contribution in [1.82, 2.24) is 15.3 Å². The molecule has 31 heavy (non-hydrogen) atoms. The van der Waals surface area contributed by atoms with Gasteiger partial charge in [0.05, 0.1) is 19.9 Å². The number of nitriles is 1. The molecule has 1 saturated heterocycles. The summed E-state index contributed by atoms with van der Waals surface area (Å²) >= 11 is 1.45. The number of ether oxygens (including phenoxy) is 2. The average molecular weight is 442 g/mol. The zero-order chi connectivity index (χ0) is 22.8. The quantitative estimate of drug-likeness (QED) is 0.501. The minimum absolute atomic E-state index is 0.0201. The van der Waals surface area contributed by atoms with Crippen LogP contribution in [0.25, 0.3) is 11.3 Å². The third kappa shape index (κ3) is 5.23. The van der Waals surface area contributed by atoms with Crippen LogP contribution in [0.1, 0.15) is 46.1 Å². The summed E-state index contributed by atoms with van der Waals surface area (Å²) in [5, 5.41) is 17.9. The third-order valence-electron chi connectivity index (χ3n) is 5.37. The molecule has 1 aliphatic rings. The van der Waals surface area contributed by atoms with Gasteiger partial charge in [0.15, 0.2) is 16.7 Å². The second-order valence-corrected chi connectivity index (χ2v) is 9.88. The Bertz CT molecular complexity index is 984. The Morgan fingerprint density at radius 1 is 1.10 bits per heavy atom. The van der Waals surface area contributed by atoms with Crippen LogP contribution in [0, 0.1) is 11.3 Å². The second kappa shape index (κ2) is 8.93. The molecule has 0 bridgehead atoms. The van der Waals surface area contributed by atoms with Gasteiger partial charge in [0.25, 0.3) is 0 Å². The van der Waals surface area contributed by atoms with Crippen molar-refractivity contribution < 1.29 is 9.47 Å². The summed E-state index contributed by atoms with van der Waals surface area (Å²) < 4.78 is 10.8. The van der Waals surface area contributed by atoms with Crippen molar-refractivity contribution >= 4 is 17.6 Å². The SMILES string of the molecule is COc1ccc(-c2nc(SC)nc(NC3CC(C)(C)NC(C)(C)C3)c2C#N)cc1OC. The number of aromatic nitrogens is 2. The van der Waals surface area contributed by atoms with Crippen LogP contribution in [0.2, 0.25) is 0 Å². The van der Waals surface area contributed by atoms with Crippen molar-refractivity contribution in [3.8, 4) is 28.8 Å². The highest BCUT2D eigenvalue weighted by atomic mass is 32.2. The molecule has 0 unspecified atom stereocenters. The van der Waals surface area contributed by atoms with Crippen molar-refractivity contribution in [3.05, 3.63) is 23.8 Å². The van der Waals surface area contributed by atoms with E-state index >= 15 is 0 Å². The number of hydrogen-bond donors (Lipinski definition) is 2. The highest BCUT2D eigenvalue weighted by molar-refractivity contribution is 7.98. The average Bonchev–Trinajstić information content (AvgIpc) is 2.70. The van der Waals surface area contributed by atoms with Gasteiger partial charge in [0, 0.05) is 22.7 Å². The van der Waals surface area contributed by atoms with Crippen molar-refractivity contribution in [3.63, 3.8) is 0 Å². The largest absolute Gasteiger partial charge is 0.493 e. The van der Waals surface area contributed by atoms with E-state index in [0.29, 0.717) is 33.7 Å². The van der Waals surface area contributed by atoms with E-state index in [1.807, 2.05) is 24.5 Å². The summed E-state index contributed by atoms with van der Waals surface area (Å²) in [5.41, 5.74) is 1.75. The maximum absolute atomic E-state index is 10.0. The molecule has 2 N–H and O–H groups in total. The smallest absolute Gasteiger partial charge is 0.189 e. The molecule has 0 aliphatic carbocycles. The summed E-state index contributed by atoms with van der Waals surface area (Å²) in [6.45, 7) is 8.82. The van der Waals surface area contributed by atoms with Gasteiger partial charge in [-0.2, -0.15) is 5.26 Å². The van der Waals surface area contributed by atoms with Crippen LogP contribution in [0.15, 0.2) is 23.4 Å². The fourth-order valence-electron chi connectivity index (χ4n) is 4.55. The number of benzene rings is 1. The molecule has 1 aromatic carbocycles. The van der Waals surface area contributed by atoms with E-state index < -0.39 is 0 Å². The molecular formula is C23H31N5O2S. The van der Waals surface area contributed by atoms with E-state index in [1.54, 1.807) is 14.2 Å². The van der Waals surface area contributed by atoms with Crippen molar-refractivity contribution in [2.45, 2.75) is 62.8 Å². The Kier molecular flexibility index (Phi) is 6.68. The summed E-state index contributed by atoms with van der Waals surface area (Å²) in [6.07, 6.45) is 3.78. The van der Waals surface area contributed by atoms with E-state index in [2.05, 4.69) is 54.4 Å². The predicted molar refractivity (Wildman–Crippen MR) is 125 cm³/mol. The van der Waals surface area contributed by atoms with Gasteiger partial charge in [-0.15, -0.1) is 0 Å². The molecule has 1 aromatic heterocycles. The minimum atomic E-state index is -0.0201. The normalized spacial score (nSPS) is 17.6. The summed E-state index contributed by atoms with van der Waals surface area (Å²) in [6, 6.07) is 8.05. The molecule has 0 atom stereocenters. The number of thioether (sulfide) groups is 1. The molecule has 3 rings (SSSR count). The van der Waals surface area contributed by atoms with Crippen molar-refractivity contribution in [1.29, 1.82) is 5.26 Å². The molecule has 7 nitrogen and oxygen atoms in total. The van der Waals surface area contributed by atoms with Gasteiger partial charge in [0.2, 0.25) is 0 Å². The van der Waals surface area contributed by atoms with E-state index in [9.17, 15) is 5.26 Å². The number of rotatable bonds is 6. The summed E-state index contributed by atoms with van der Waals surface area (Å²) in [4.78, 5) is 9.31. The molecule has 1 fully saturated rings. The molecule has 2 aromatic rings. The standard InChI is InChI=1S/C23H31N5O2S/c1-22(2)11-15(12-23(3,4)28-22)25-20-16(13-24)19(26-21(27-20)31-7)14-8-9-17(29-5)18(10-14)30-6/h8-10,15,28H,11-12H2,1-7H3,(H,25,26,27). The number of piperidine rings is 1. The van der Waals surface area contributed by atoms with Gasteiger partial charge in [-0.3, -0.25) is 0 Å². The van der Waals surface area contributed by atoms with Crippen LogP contribution >= 0.6 is 11.8 Å². The molecular weight excluding hydrogens is 410 g/mol. The number of nitrogens with one attached hydrogen (secondary N) is 2. The number of anilines is 1. The zero-order valence-corrected chi connectivity index (χ0v) is 20.1. The Hall–Kier alpha value is -2.50. The number of hydrogen-bond acceptors (Lipinski definition) is 8. The molecule has 2 heterocycles. The predicted octanol–water partition coefficient (Wildman–Crippen LogP) is 4.48. The Labute approximate surface area is 189 Å². The Morgan fingerprint density at radius 3 is 2.29 bits per heavy atom. The number of nitrogens with zero attached hydrogens (tertiary/aromatic N) is 3. The number of methoxy groups -OCH3 is 2. The van der Waals surface area contributed by atoms with E-state index in [1.165, 1.54) is 11.8 Å². The highest BCUT2D eigenvalue weighted by Crippen LogP contribution is 2.36. The van der Waals surface area contributed by atoms with Crippen LogP contribution in [0.4, 0.5) is 5.82 Å². The van der Waals surface area contributed by atoms with Gasteiger partial charge < -0.3 is 20.1 Å². The molecule has 0 radical (unpaired) electrons. The van der Waals surface area contributed by atoms with E-state index in [4.69, 9.17) is 9.47 Å². The summed E-state index contributed by atoms with van der Waals surface area (Å²) in [5.74, 6) is 1.79. The summed E-state index contributed by atoms with van der Waals surface area (Å²) in [7, 11) is 3.19. The van der Waals surface area contributed by atoms with Gasteiger partial charge in [-0.25, -0.2) is 9.97 Å². The first-order valence-electron chi connectivity index (χ1n) is 10.3. The minimum Gasteiger partial charge on any atom is -0.493 e. The lowest BCUT2D eigenvalue weighted by atomic mass is 9.79. The van der Waals surface area contributed by atoms with Gasteiger partial charge in [0.1, 0.15) is 17.5 Å². The molecule has 8 heteroatoms. The van der Waals surface area contributed by atoms with Gasteiger partial charge >= 0.3 is 0 Å². The lowest BCUT2D eigenvalue weighted by Crippen LogP contribution is -2.60. The first-order chi connectivity index (χ1) is 14.6. The van der Waals surface area contributed by atoms with E-state index in [0.717, 1.165) is 18.4 Å². The first kappa shape index (κ1) is 23.2. The fraction of sp³-hybridized carbons (Fsp3) is 0.522. The fourth-order valence-corrected chi connectivity index (χ4v) is 4.92. The first-order valence-corrected chi connectivity index (χ1v) is 11.5. The van der Waals surface area contributed by atoms with Crippen LogP contribution < -0.4 is 20.1 Å². The zero-order valence-electron chi connectivity index (χ0n) is 19.3. The highest BCUT2D eigenvalue weighted by Gasteiger charge is 2.38. The van der Waals surface area contributed by atoms with Crippen molar-refractivity contribution in [2.24, 2.45) is 0 Å². The van der Waals surface area contributed by atoms with Crippen LogP contribution in [0.3, 0.4) is 0 Å². The maximum Gasteiger partial charge on any atom is 0.189 e. The molecule has 0 saturated carbocycles. The molecule has 0 amide bonds. The lowest BCUT2D eigenvalue weighted by Gasteiger charge is -2.46. The van der Waals surface area contributed by atoms with Crippen LogP contribution in [-0.4, -0.2) is 47.6 Å². The molecule has 166 valence electrons.